The molecule has 2 aliphatic rings. The summed E-state index contributed by atoms with van der Waals surface area (Å²) in [5.74, 6) is 0.458. The van der Waals surface area contributed by atoms with Crippen LogP contribution < -0.4 is 10.6 Å². The number of nitrogens with one attached hydrogen (secondary N) is 2. The summed E-state index contributed by atoms with van der Waals surface area (Å²) in [6.45, 7) is 6.47. The van der Waals surface area contributed by atoms with Gasteiger partial charge in [-0.3, -0.25) is 9.59 Å². The zero-order valence-electron chi connectivity index (χ0n) is 12.7. The molecule has 2 rings (SSSR count). The van der Waals surface area contributed by atoms with Crippen molar-refractivity contribution < 1.29 is 9.59 Å². The lowest BCUT2D eigenvalue weighted by Crippen LogP contribution is -2.53. The first-order valence-corrected chi connectivity index (χ1v) is 7.88. The Bertz CT molecular complexity index is 353. The summed E-state index contributed by atoms with van der Waals surface area (Å²) >= 11 is 0. The van der Waals surface area contributed by atoms with E-state index in [2.05, 4.69) is 17.6 Å². The normalized spacial score (nSPS) is 25.5. The Morgan fingerprint density at radius 2 is 2.05 bits per heavy atom. The molecule has 0 aromatic rings. The predicted octanol–water partition coefficient (Wildman–Crippen LogP) is 0.892. The smallest absolute Gasteiger partial charge is 0.224 e. The minimum Gasteiger partial charge on any atom is -0.353 e. The van der Waals surface area contributed by atoms with Crippen molar-refractivity contribution >= 4 is 11.8 Å². The van der Waals surface area contributed by atoms with Gasteiger partial charge in [0.25, 0.3) is 0 Å². The van der Waals surface area contributed by atoms with Gasteiger partial charge in [-0.1, -0.05) is 12.8 Å². The van der Waals surface area contributed by atoms with Crippen LogP contribution in [0.2, 0.25) is 0 Å². The number of carbonyl (C=O) groups is 2. The molecule has 1 heterocycles. The van der Waals surface area contributed by atoms with Crippen molar-refractivity contribution in [2.75, 3.05) is 19.6 Å². The summed E-state index contributed by atoms with van der Waals surface area (Å²) in [7, 11) is 0. The van der Waals surface area contributed by atoms with E-state index in [9.17, 15) is 9.59 Å². The van der Waals surface area contributed by atoms with Crippen LogP contribution in [0.3, 0.4) is 0 Å². The first-order valence-electron chi connectivity index (χ1n) is 7.88. The van der Waals surface area contributed by atoms with Gasteiger partial charge in [0.1, 0.15) is 0 Å². The topological polar surface area (TPSA) is 61.4 Å². The van der Waals surface area contributed by atoms with Crippen LogP contribution in [0, 0.1) is 5.92 Å². The van der Waals surface area contributed by atoms with Crippen LogP contribution in [0.4, 0.5) is 0 Å². The highest BCUT2D eigenvalue weighted by molar-refractivity contribution is 5.81. The van der Waals surface area contributed by atoms with E-state index in [1.54, 1.807) is 0 Å². The third-order valence-corrected chi connectivity index (χ3v) is 4.42. The SMILES string of the molecule is CC(CC(=O)N1CCNC[C@@H]1C)NC(=O)C1CCCC1. The fraction of sp³-hybridized carbons (Fsp3) is 0.867. The van der Waals surface area contributed by atoms with Gasteiger partial charge in [-0.25, -0.2) is 0 Å². The second-order valence-electron chi connectivity index (χ2n) is 6.24. The maximum Gasteiger partial charge on any atom is 0.224 e. The fourth-order valence-electron chi connectivity index (χ4n) is 3.19. The zero-order valence-corrected chi connectivity index (χ0v) is 12.7. The maximum absolute atomic E-state index is 12.3. The molecule has 2 N–H and O–H groups in total. The van der Waals surface area contributed by atoms with Crippen LogP contribution in [0.25, 0.3) is 0 Å². The van der Waals surface area contributed by atoms with E-state index in [1.165, 1.54) is 0 Å². The molecule has 5 heteroatoms. The van der Waals surface area contributed by atoms with E-state index in [4.69, 9.17) is 0 Å². The van der Waals surface area contributed by atoms with Gasteiger partial charge in [0, 0.05) is 44.1 Å². The third-order valence-electron chi connectivity index (χ3n) is 4.42. The summed E-state index contributed by atoms with van der Waals surface area (Å²) in [5, 5.41) is 6.28. The van der Waals surface area contributed by atoms with Gasteiger partial charge in [-0.2, -0.15) is 0 Å². The molecular formula is C15H27N3O2. The van der Waals surface area contributed by atoms with Crippen molar-refractivity contribution in [2.24, 2.45) is 5.92 Å². The largest absolute Gasteiger partial charge is 0.353 e. The zero-order chi connectivity index (χ0) is 14.5. The maximum atomic E-state index is 12.3. The van der Waals surface area contributed by atoms with E-state index >= 15 is 0 Å². The Morgan fingerprint density at radius 1 is 1.35 bits per heavy atom. The van der Waals surface area contributed by atoms with Crippen LogP contribution in [0.15, 0.2) is 0 Å². The van der Waals surface area contributed by atoms with Crippen LogP contribution in [-0.4, -0.2) is 48.4 Å². The summed E-state index contributed by atoms with van der Waals surface area (Å²) in [6, 6.07) is 0.173. The van der Waals surface area contributed by atoms with Gasteiger partial charge < -0.3 is 15.5 Å². The van der Waals surface area contributed by atoms with Crippen molar-refractivity contribution in [3.8, 4) is 0 Å². The van der Waals surface area contributed by atoms with Gasteiger partial charge in [0.2, 0.25) is 11.8 Å². The van der Waals surface area contributed by atoms with E-state index in [-0.39, 0.29) is 29.8 Å². The minimum atomic E-state index is -0.0716. The molecular weight excluding hydrogens is 254 g/mol. The minimum absolute atomic E-state index is 0.0716. The Balaban J connectivity index is 1.76. The molecule has 1 saturated heterocycles. The molecule has 0 radical (unpaired) electrons. The molecule has 0 bridgehead atoms. The van der Waals surface area contributed by atoms with Crippen LogP contribution in [-0.2, 0) is 9.59 Å². The number of hydrogen-bond donors (Lipinski definition) is 2. The molecule has 2 amide bonds. The molecule has 0 aromatic carbocycles. The molecule has 1 aliphatic heterocycles. The molecule has 114 valence electrons. The molecule has 5 nitrogen and oxygen atoms in total. The second kappa shape index (κ2) is 7.07. The second-order valence-corrected chi connectivity index (χ2v) is 6.24. The summed E-state index contributed by atoms with van der Waals surface area (Å²) in [6.07, 6.45) is 4.72. The third kappa shape index (κ3) is 3.95. The molecule has 1 saturated carbocycles. The number of hydrogen-bond acceptors (Lipinski definition) is 3. The Morgan fingerprint density at radius 3 is 2.70 bits per heavy atom. The highest BCUT2D eigenvalue weighted by Crippen LogP contribution is 2.24. The number of amides is 2. The Kier molecular flexibility index (Phi) is 5.40. The first-order chi connectivity index (χ1) is 9.58. The monoisotopic (exact) mass is 281 g/mol. The molecule has 2 atom stereocenters. The number of carbonyl (C=O) groups excluding carboxylic acids is 2. The lowest BCUT2D eigenvalue weighted by Gasteiger charge is -2.34. The number of rotatable bonds is 4. The first kappa shape index (κ1) is 15.3. The van der Waals surface area contributed by atoms with Crippen LogP contribution in [0.5, 0.6) is 0 Å². The van der Waals surface area contributed by atoms with E-state index in [0.29, 0.717) is 6.42 Å². The highest BCUT2D eigenvalue weighted by atomic mass is 16.2. The van der Waals surface area contributed by atoms with E-state index in [1.807, 2.05) is 11.8 Å². The van der Waals surface area contributed by atoms with Crippen molar-refractivity contribution in [1.82, 2.24) is 15.5 Å². The van der Waals surface area contributed by atoms with E-state index < -0.39 is 0 Å². The van der Waals surface area contributed by atoms with Crippen LogP contribution >= 0.6 is 0 Å². The van der Waals surface area contributed by atoms with Crippen molar-refractivity contribution in [2.45, 2.75) is 58.0 Å². The quantitative estimate of drug-likeness (QED) is 0.804. The number of nitrogens with zero attached hydrogens (tertiary/aromatic N) is 1. The lowest BCUT2D eigenvalue weighted by molar-refractivity contribution is -0.134. The van der Waals surface area contributed by atoms with Gasteiger partial charge in [0.15, 0.2) is 0 Å². The fourth-order valence-corrected chi connectivity index (χ4v) is 3.19. The van der Waals surface area contributed by atoms with Gasteiger partial charge in [0.05, 0.1) is 0 Å². The van der Waals surface area contributed by atoms with Crippen molar-refractivity contribution in [1.29, 1.82) is 0 Å². The van der Waals surface area contributed by atoms with Gasteiger partial charge in [-0.05, 0) is 26.7 Å². The lowest BCUT2D eigenvalue weighted by atomic mass is 10.1. The standard InChI is InChI=1S/C15H27N3O2/c1-11(17-15(20)13-5-3-4-6-13)9-14(19)18-8-7-16-10-12(18)2/h11-13,16H,3-10H2,1-2H3,(H,17,20)/t11?,12-/m0/s1. The Hall–Kier alpha value is -1.10. The van der Waals surface area contributed by atoms with Crippen molar-refractivity contribution in [3.63, 3.8) is 0 Å². The van der Waals surface area contributed by atoms with E-state index in [0.717, 1.165) is 45.3 Å². The summed E-state index contributed by atoms with van der Waals surface area (Å²) < 4.78 is 0. The van der Waals surface area contributed by atoms with Gasteiger partial charge >= 0.3 is 0 Å². The van der Waals surface area contributed by atoms with Gasteiger partial charge in [-0.15, -0.1) is 0 Å². The number of piperazine rings is 1. The predicted molar refractivity (Wildman–Crippen MR) is 78.2 cm³/mol. The average molecular weight is 281 g/mol. The Labute approximate surface area is 121 Å². The molecule has 2 fully saturated rings. The molecule has 0 spiro atoms. The highest BCUT2D eigenvalue weighted by Gasteiger charge is 2.27. The van der Waals surface area contributed by atoms with Crippen LogP contribution in [0.1, 0.15) is 46.0 Å². The molecule has 1 unspecified atom stereocenters. The molecule has 20 heavy (non-hydrogen) atoms. The molecule has 0 aromatic heterocycles. The molecule has 1 aliphatic carbocycles. The summed E-state index contributed by atoms with van der Waals surface area (Å²) in [4.78, 5) is 26.2. The average Bonchev–Trinajstić information content (AvgIpc) is 2.92. The van der Waals surface area contributed by atoms with Crippen molar-refractivity contribution in [3.05, 3.63) is 0 Å². The summed E-state index contributed by atoms with van der Waals surface area (Å²) in [5.41, 5.74) is 0.